The average molecular weight is 389 g/mol. The van der Waals surface area contributed by atoms with Crippen molar-refractivity contribution in [1.29, 1.82) is 10.5 Å². The number of nitrogens with zero attached hydrogens (tertiary/aromatic N) is 3. The number of amides is 1. The van der Waals surface area contributed by atoms with Gasteiger partial charge in [-0.15, -0.1) is 0 Å². The van der Waals surface area contributed by atoms with E-state index in [0.717, 1.165) is 12.0 Å². The highest BCUT2D eigenvalue weighted by Gasteiger charge is 2.44. The van der Waals surface area contributed by atoms with E-state index in [-0.39, 0.29) is 28.7 Å². The number of methoxy groups -OCH3 is 1. The third-order valence-corrected chi connectivity index (χ3v) is 6.00. The van der Waals surface area contributed by atoms with E-state index in [0.29, 0.717) is 37.1 Å². The molecule has 29 heavy (non-hydrogen) atoms. The lowest BCUT2D eigenvalue weighted by Crippen LogP contribution is -2.49. The number of ether oxygens (including phenoxy) is 1. The highest BCUT2D eigenvalue weighted by Crippen LogP contribution is 2.48. The third kappa shape index (κ3) is 3.11. The van der Waals surface area contributed by atoms with Crippen molar-refractivity contribution in [2.24, 2.45) is 0 Å². The van der Waals surface area contributed by atoms with Crippen molar-refractivity contribution in [3.63, 3.8) is 0 Å². The molecule has 0 aromatic heterocycles. The van der Waals surface area contributed by atoms with Gasteiger partial charge in [-0.3, -0.25) is 4.79 Å². The molecule has 1 saturated heterocycles. The maximum Gasteiger partial charge on any atom is 0.258 e. The van der Waals surface area contributed by atoms with E-state index in [4.69, 9.17) is 10.00 Å². The van der Waals surface area contributed by atoms with Gasteiger partial charge in [0.15, 0.2) is 0 Å². The van der Waals surface area contributed by atoms with Crippen molar-refractivity contribution in [3.05, 3.63) is 64.2 Å². The number of carbonyl (C=O) groups excluding carboxylic acids is 1. The van der Waals surface area contributed by atoms with Crippen LogP contribution in [-0.4, -0.2) is 31.0 Å². The Morgan fingerprint density at radius 1 is 1.14 bits per heavy atom. The molecule has 2 aromatic rings. The van der Waals surface area contributed by atoms with Crippen LogP contribution in [0, 0.1) is 22.7 Å². The van der Waals surface area contributed by atoms with Crippen molar-refractivity contribution in [2.45, 2.75) is 30.8 Å². The van der Waals surface area contributed by atoms with Gasteiger partial charge in [-0.25, -0.2) is 4.39 Å². The van der Waals surface area contributed by atoms with Crippen LogP contribution >= 0.6 is 0 Å². The number of likely N-dealkylation sites (tertiary alicyclic amines) is 1. The van der Waals surface area contributed by atoms with Crippen LogP contribution in [0.1, 0.15) is 57.8 Å². The van der Waals surface area contributed by atoms with Gasteiger partial charge in [0.1, 0.15) is 17.5 Å². The number of halogens is 1. The molecule has 146 valence electrons. The van der Waals surface area contributed by atoms with Crippen molar-refractivity contribution < 1.29 is 13.9 Å². The van der Waals surface area contributed by atoms with E-state index in [2.05, 4.69) is 6.07 Å². The SMILES string of the molecule is COc1c(C#N)ccc(C2(F)CCC2)c1C(=O)N1CC(c2ccc(C#N)cc2)C1. The molecule has 6 heteroatoms. The number of rotatable bonds is 4. The normalized spacial score (nSPS) is 17.4. The van der Waals surface area contributed by atoms with Crippen LogP contribution in [0.25, 0.3) is 0 Å². The van der Waals surface area contributed by atoms with Gasteiger partial charge in [-0.05, 0) is 43.0 Å². The molecule has 1 saturated carbocycles. The second-order valence-corrected chi connectivity index (χ2v) is 7.64. The fourth-order valence-electron chi connectivity index (χ4n) is 4.07. The lowest BCUT2D eigenvalue weighted by Gasteiger charge is -2.41. The van der Waals surface area contributed by atoms with Gasteiger partial charge in [0, 0.05) is 24.6 Å². The van der Waals surface area contributed by atoms with Crippen LogP contribution in [0.15, 0.2) is 36.4 Å². The average Bonchev–Trinajstić information content (AvgIpc) is 2.70. The molecule has 5 nitrogen and oxygen atoms in total. The number of benzene rings is 2. The molecule has 1 heterocycles. The summed E-state index contributed by atoms with van der Waals surface area (Å²) in [4.78, 5) is 14.9. The summed E-state index contributed by atoms with van der Waals surface area (Å²) in [6, 6.07) is 14.5. The molecule has 0 spiro atoms. The maximum absolute atomic E-state index is 15.3. The van der Waals surface area contributed by atoms with E-state index < -0.39 is 5.67 Å². The molecule has 4 rings (SSSR count). The molecule has 0 bridgehead atoms. The lowest BCUT2D eigenvalue weighted by atomic mass is 9.74. The Balaban J connectivity index is 1.62. The lowest BCUT2D eigenvalue weighted by molar-refractivity contribution is 0.0500. The minimum Gasteiger partial charge on any atom is -0.495 e. The first-order chi connectivity index (χ1) is 14.0. The molecule has 1 aliphatic carbocycles. The zero-order chi connectivity index (χ0) is 20.6. The van der Waals surface area contributed by atoms with Gasteiger partial charge >= 0.3 is 0 Å². The fourth-order valence-corrected chi connectivity index (χ4v) is 4.07. The number of hydrogen-bond donors (Lipinski definition) is 0. The first-order valence-electron chi connectivity index (χ1n) is 9.60. The van der Waals surface area contributed by atoms with Crippen LogP contribution in [0.2, 0.25) is 0 Å². The van der Waals surface area contributed by atoms with Crippen molar-refractivity contribution in [2.75, 3.05) is 20.2 Å². The molecule has 0 unspecified atom stereocenters. The van der Waals surface area contributed by atoms with Gasteiger partial charge in [-0.1, -0.05) is 18.2 Å². The molecule has 0 radical (unpaired) electrons. The quantitative estimate of drug-likeness (QED) is 0.791. The topological polar surface area (TPSA) is 77.1 Å². The van der Waals surface area contributed by atoms with Crippen molar-refractivity contribution in [3.8, 4) is 17.9 Å². The second kappa shape index (κ2) is 7.22. The molecule has 0 atom stereocenters. The van der Waals surface area contributed by atoms with E-state index in [1.165, 1.54) is 13.2 Å². The summed E-state index contributed by atoms with van der Waals surface area (Å²) in [6.45, 7) is 1.01. The van der Waals surface area contributed by atoms with Gasteiger partial charge in [0.2, 0.25) is 0 Å². The van der Waals surface area contributed by atoms with E-state index in [1.807, 2.05) is 18.2 Å². The molecule has 2 aromatic carbocycles. The summed E-state index contributed by atoms with van der Waals surface area (Å²) in [6.07, 6.45) is 1.52. The molecule has 1 amide bonds. The fraction of sp³-hybridized carbons (Fsp3) is 0.348. The summed E-state index contributed by atoms with van der Waals surface area (Å²) >= 11 is 0. The van der Waals surface area contributed by atoms with Crippen molar-refractivity contribution in [1.82, 2.24) is 4.90 Å². The Hall–Kier alpha value is -3.38. The largest absolute Gasteiger partial charge is 0.495 e. The van der Waals surface area contributed by atoms with Gasteiger partial charge in [0.25, 0.3) is 5.91 Å². The molecular formula is C23H20FN3O2. The molecule has 0 N–H and O–H groups in total. The van der Waals surface area contributed by atoms with Crippen LogP contribution in [-0.2, 0) is 5.67 Å². The number of alkyl halides is 1. The Bertz CT molecular complexity index is 1040. The predicted octanol–water partition coefficient (Wildman–Crippen LogP) is 4.03. The van der Waals surface area contributed by atoms with Crippen LogP contribution in [0.4, 0.5) is 4.39 Å². The summed E-state index contributed by atoms with van der Waals surface area (Å²) in [5, 5.41) is 18.3. The molecule has 2 aliphatic rings. The van der Waals surface area contributed by atoms with E-state index in [1.54, 1.807) is 23.1 Å². The summed E-state index contributed by atoms with van der Waals surface area (Å²) in [5.74, 6) is 0.0202. The first kappa shape index (κ1) is 19.0. The minimum absolute atomic E-state index is 0.153. The monoisotopic (exact) mass is 389 g/mol. The van der Waals surface area contributed by atoms with Crippen LogP contribution in [0.5, 0.6) is 5.75 Å². The second-order valence-electron chi connectivity index (χ2n) is 7.64. The minimum atomic E-state index is -1.54. The van der Waals surface area contributed by atoms with Crippen LogP contribution in [0.3, 0.4) is 0 Å². The predicted molar refractivity (Wildman–Crippen MR) is 104 cm³/mol. The first-order valence-corrected chi connectivity index (χ1v) is 9.60. The summed E-state index contributed by atoms with van der Waals surface area (Å²) in [7, 11) is 1.40. The van der Waals surface area contributed by atoms with Crippen molar-refractivity contribution >= 4 is 5.91 Å². The Labute approximate surface area is 168 Å². The standard InChI is InChI=1S/C23H20FN3O2/c1-29-21-17(12-26)7-8-19(23(24)9-2-10-23)20(21)22(28)27-13-18(14-27)16-5-3-15(11-25)4-6-16/h3-8,18H,2,9-10,13-14H2,1H3. The number of hydrogen-bond acceptors (Lipinski definition) is 4. The molecule has 1 aliphatic heterocycles. The highest BCUT2D eigenvalue weighted by atomic mass is 19.1. The Morgan fingerprint density at radius 2 is 1.83 bits per heavy atom. The number of carbonyl (C=O) groups is 1. The van der Waals surface area contributed by atoms with E-state index in [9.17, 15) is 10.1 Å². The maximum atomic E-state index is 15.3. The van der Waals surface area contributed by atoms with Gasteiger partial charge in [0.05, 0.1) is 29.9 Å². The third-order valence-electron chi connectivity index (χ3n) is 6.00. The zero-order valence-corrected chi connectivity index (χ0v) is 16.1. The Kier molecular flexibility index (Phi) is 4.72. The van der Waals surface area contributed by atoms with Gasteiger partial charge in [-0.2, -0.15) is 10.5 Å². The number of nitriles is 2. The van der Waals surface area contributed by atoms with Gasteiger partial charge < -0.3 is 9.64 Å². The summed E-state index contributed by atoms with van der Waals surface area (Å²) in [5.41, 5.74) is 0.846. The van der Waals surface area contributed by atoms with Crippen LogP contribution < -0.4 is 4.74 Å². The van der Waals surface area contributed by atoms with E-state index >= 15 is 4.39 Å². The highest BCUT2D eigenvalue weighted by molar-refractivity contribution is 6.00. The molecule has 2 fully saturated rings. The molecular weight excluding hydrogens is 369 g/mol. The zero-order valence-electron chi connectivity index (χ0n) is 16.1. The smallest absolute Gasteiger partial charge is 0.258 e. The Morgan fingerprint density at radius 3 is 2.34 bits per heavy atom. The summed E-state index contributed by atoms with van der Waals surface area (Å²) < 4.78 is 20.7.